The van der Waals surface area contributed by atoms with E-state index in [1.54, 1.807) is 0 Å². The lowest BCUT2D eigenvalue weighted by Crippen LogP contribution is -2.33. The molecule has 1 aliphatic carbocycles. The zero-order valence-electron chi connectivity index (χ0n) is 11.5. The molecule has 106 valence electrons. The highest BCUT2D eigenvalue weighted by molar-refractivity contribution is 5.74. The van der Waals surface area contributed by atoms with Gasteiger partial charge in [-0.2, -0.15) is 5.48 Å². The quantitative estimate of drug-likeness (QED) is 0.760. The van der Waals surface area contributed by atoms with Crippen molar-refractivity contribution in [2.75, 3.05) is 6.61 Å². The van der Waals surface area contributed by atoms with E-state index in [1.807, 2.05) is 0 Å². The highest BCUT2D eigenvalue weighted by Gasteiger charge is 2.09. The number of primary amides is 1. The first kappa shape index (κ1) is 15.4. The lowest BCUT2D eigenvalue weighted by molar-refractivity contribution is -0.126. The Morgan fingerprint density at radius 2 is 1.39 bits per heavy atom. The Morgan fingerprint density at radius 1 is 0.944 bits per heavy atom. The van der Waals surface area contributed by atoms with Crippen molar-refractivity contribution in [3.05, 3.63) is 0 Å². The molecule has 18 heavy (non-hydrogen) atoms. The average molecular weight is 256 g/mol. The van der Waals surface area contributed by atoms with E-state index in [0.29, 0.717) is 6.04 Å². The summed E-state index contributed by atoms with van der Waals surface area (Å²) in [6.45, 7) is -0.0312. The van der Waals surface area contributed by atoms with Crippen LogP contribution in [0.2, 0.25) is 0 Å². The summed E-state index contributed by atoms with van der Waals surface area (Å²) in [4.78, 5) is 15.7. The van der Waals surface area contributed by atoms with Crippen molar-refractivity contribution in [3.8, 4) is 0 Å². The number of hydrogen-bond acceptors (Lipinski definition) is 3. The van der Waals surface area contributed by atoms with Crippen LogP contribution in [0.1, 0.15) is 70.6 Å². The molecule has 4 nitrogen and oxygen atoms in total. The first-order valence-corrected chi connectivity index (χ1v) is 7.44. The second-order valence-electron chi connectivity index (χ2n) is 5.33. The van der Waals surface area contributed by atoms with Gasteiger partial charge in [-0.3, -0.25) is 9.63 Å². The third-order valence-corrected chi connectivity index (χ3v) is 3.57. The van der Waals surface area contributed by atoms with Gasteiger partial charge in [-0.05, 0) is 12.8 Å². The number of hydrogen-bond donors (Lipinski definition) is 2. The number of rotatable bonds is 4. The number of amides is 1. The van der Waals surface area contributed by atoms with E-state index >= 15 is 0 Å². The minimum atomic E-state index is -0.421. The van der Waals surface area contributed by atoms with Crippen molar-refractivity contribution in [2.24, 2.45) is 5.73 Å². The fraction of sp³-hybridized carbons (Fsp3) is 0.929. The molecule has 0 aliphatic heterocycles. The lowest BCUT2D eigenvalue weighted by Gasteiger charge is -2.18. The predicted molar refractivity (Wildman–Crippen MR) is 72.9 cm³/mol. The topological polar surface area (TPSA) is 64.4 Å². The zero-order valence-corrected chi connectivity index (χ0v) is 11.5. The van der Waals surface area contributed by atoms with Crippen LogP contribution in [0, 0.1) is 0 Å². The monoisotopic (exact) mass is 256 g/mol. The maximum Gasteiger partial charge on any atom is 0.245 e. The SMILES string of the molecule is NC(=O)CONC1CCCCCCCCCCC1. The number of nitrogens with two attached hydrogens (primary N) is 1. The molecule has 0 aromatic heterocycles. The number of nitrogens with one attached hydrogen (secondary N) is 1. The highest BCUT2D eigenvalue weighted by atomic mass is 16.6. The molecule has 3 N–H and O–H groups in total. The molecule has 0 saturated heterocycles. The summed E-state index contributed by atoms with van der Waals surface area (Å²) in [6.07, 6.45) is 14.3. The van der Waals surface area contributed by atoms with Crippen LogP contribution in [0.4, 0.5) is 0 Å². The minimum absolute atomic E-state index is 0.0312. The van der Waals surface area contributed by atoms with Crippen LogP contribution in [0.25, 0.3) is 0 Å². The van der Waals surface area contributed by atoms with E-state index in [1.165, 1.54) is 57.8 Å². The molecule has 1 aliphatic rings. The molecule has 0 spiro atoms. The molecule has 0 aromatic rings. The molecule has 1 amide bonds. The fourth-order valence-corrected chi connectivity index (χ4v) is 2.51. The van der Waals surface area contributed by atoms with Gasteiger partial charge in [0.05, 0.1) is 0 Å². The third kappa shape index (κ3) is 8.48. The summed E-state index contributed by atoms with van der Waals surface area (Å²) in [5, 5.41) is 0. The second kappa shape index (κ2) is 10.3. The van der Waals surface area contributed by atoms with Crippen LogP contribution in [-0.2, 0) is 9.63 Å². The lowest BCUT2D eigenvalue weighted by atomic mass is 9.98. The summed E-state index contributed by atoms with van der Waals surface area (Å²) in [6, 6.07) is 0.378. The summed E-state index contributed by atoms with van der Waals surface area (Å²) in [7, 11) is 0. The Kier molecular flexibility index (Phi) is 8.86. The standard InChI is InChI=1S/C14H28N2O2/c15-14(17)12-18-16-13-10-8-6-4-2-1-3-5-7-9-11-13/h13,16H,1-12H2,(H2,15,17). The van der Waals surface area contributed by atoms with Crippen LogP contribution in [0.5, 0.6) is 0 Å². The van der Waals surface area contributed by atoms with Crippen molar-refractivity contribution in [2.45, 2.75) is 76.7 Å². The first-order chi connectivity index (χ1) is 8.79. The highest BCUT2D eigenvalue weighted by Crippen LogP contribution is 2.16. The van der Waals surface area contributed by atoms with Gasteiger partial charge in [0.25, 0.3) is 0 Å². The van der Waals surface area contributed by atoms with Gasteiger partial charge >= 0.3 is 0 Å². The Morgan fingerprint density at radius 3 is 1.83 bits per heavy atom. The van der Waals surface area contributed by atoms with Gasteiger partial charge in [-0.1, -0.05) is 57.8 Å². The third-order valence-electron chi connectivity index (χ3n) is 3.57. The largest absolute Gasteiger partial charge is 0.368 e. The zero-order chi connectivity index (χ0) is 13.1. The summed E-state index contributed by atoms with van der Waals surface area (Å²) >= 11 is 0. The van der Waals surface area contributed by atoms with Gasteiger partial charge in [0.15, 0.2) is 0 Å². The number of carbonyl (C=O) groups excluding carboxylic acids is 1. The summed E-state index contributed by atoms with van der Waals surface area (Å²) < 4.78 is 0. The van der Waals surface area contributed by atoms with E-state index < -0.39 is 5.91 Å². The Labute approximate surface area is 111 Å². The van der Waals surface area contributed by atoms with Crippen LogP contribution >= 0.6 is 0 Å². The molecule has 4 heteroatoms. The van der Waals surface area contributed by atoms with E-state index in [2.05, 4.69) is 5.48 Å². The predicted octanol–water partition coefficient (Wildman–Crippen LogP) is 2.67. The van der Waals surface area contributed by atoms with E-state index in [9.17, 15) is 4.79 Å². The maximum atomic E-state index is 10.6. The number of carbonyl (C=O) groups is 1. The fourth-order valence-electron chi connectivity index (χ4n) is 2.51. The van der Waals surface area contributed by atoms with Crippen molar-refractivity contribution >= 4 is 5.91 Å². The minimum Gasteiger partial charge on any atom is -0.368 e. The van der Waals surface area contributed by atoms with Crippen LogP contribution in [0.15, 0.2) is 0 Å². The Bertz CT molecular complexity index is 210. The smallest absolute Gasteiger partial charge is 0.245 e. The van der Waals surface area contributed by atoms with Crippen molar-refractivity contribution in [1.29, 1.82) is 0 Å². The molecular weight excluding hydrogens is 228 g/mol. The molecule has 1 saturated carbocycles. The van der Waals surface area contributed by atoms with E-state index in [-0.39, 0.29) is 6.61 Å². The van der Waals surface area contributed by atoms with Crippen LogP contribution in [-0.4, -0.2) is 18.6 Å². The van der Waals surface area contributed by atoms with Gasteiger partial charge in [0.2, 0.25) is 5.91 Å². The molecule has 0 heterocycles. The Hall–Kier alpha value is -0.610. The van der Waals surface area contributed by atoms with Crippen LogP contribution < -0.4 is 11.2 Å². The molecule has 1 fully saturated rings. The molecular formula is C14H28N2O2. The van der Waals surface area contributed by atoms with Crippen LogP contribution in [0.3, 0.4) is 0 Å². The van der Waals surface area contributed by atoms with Crippen molar-refractivity contribution in [1.82, 2.24) is 5.48 Å². The number of hydroxylamine groups is 1. The molecule has 0 unspecified atom stereocenters. The van der Waals surface area contributed by atoms with Gasteiger partial charge in [0, 0.05) is 6.04 Å². The second-order valence-corrected chi connectivity index (χ2v) is 5.33. The van der Waals surface area contributed by atoms with Gasteiger partial charge in [-0.15, -0.1) is 0 Å². The normalized spacial score (nSPS) is 20.9. The maximum absolute atomic E-state index is 10.6. The Balaban J connectivity index is 2.20. The molecule has 0 aromatic carbocycles. The van der Waals surface area contributed by atoms with Gasteiger partial charge < -0.3 is 5.73 Å². The molecule has 1 rings (SSSR count). The van der Waals surface area contributed by atoms with Crippen molar-refractivity contribution in [3.63, 3.8) is 0 Å². The first-order valence-electron chi connectivity index (χ1n) is 7.44. The summed E-state index contributed by atoms with van der Waals surface area (Å²) in [5.74, 6) is -0.421. The van der Waals surface area contributed by atoms with Crippen molar-refractivity contribution < 1.29 is 9.63 Å². The van der Waals surface area contributed by atoms with Gasteiger partial charge in [0.1, 0.15) is 6.61 Å². The molecule has 0 radical (unpaired) electrons. The molecule has 0 bridgehead atoms. The van der Waals surface area contributed by atoms with E-state index in [4.69, 9.17) is 10.6 Å². The molecule has 0 atom stereocenters. The summed E-state index contributed by atoms with van der Waals surface area (Å²) in [5.41, 5.74) is 8.05. The van der Waals surface area contributed by atoms with Gasteiger partial charge in [-0.25, -0.2) is 0 Å². The average Bonchev–Trinajstić information content (AvgIpc) is 2.31. The van der Waals surface area contributed by atoms with E-state index in [0.717, 1.165) is 12.8 Å².